The van der Waals surface area contributed by atoms with Gasteiger partial charge in [-0.05, 0) is 88.1 Å². The van der Waals surface area contributed by atoms with E-state index < -0.39 is 5.60 Å². The van der Waals surface area contributed by atoms with Crippen molar-refractivity contribution in [1.82, 2.24) is 0 Å². The van der Waals surface area contributed by atoms with Crippen molar-refractivity contribution in [2.24, 2.45) is 0 Å². The van der Waals surface area contributed by atoms with E-state index in [0.29, 0.717) is 43.1 Å². The monoisotopic (exact) mass is 594 g/mol. The minimum Gasteiger partial charge on any atom is -0.493 e. The summed E-state index contributed by atoms with van der Waals surface area (Å²) in [5, 5.41) is 0. The molecule has 0 atom stereocenters. The average molecular weight is 595 g/mol. The normalized spacial score (nSPS) is 15.1. The van der Waals surface area contributed by atoms with Gasteiger partial charge in [0.05, 0.1) is 38.4 Å². The first-order valence-corrected chi connectivity index (χ1v) is 15.9. The molecule has 234 valence electrons. The second kappa shape index (κ2) is 15.8. The number of fused-ring (bicyclic) bond motifs is 2. The maximum Gasteiger partial charge on any atom is 0.305 e. The van der Waals surface area contributed by atoms with Crippen LogP contribution in [0.5, 0.6) is 17.2 Å². The largest absolute Gasteiger partial charge is 0.493 e. The number of ketones is 1. The van der Waals surface area contributed by atoms with Crippen molar-refractivity contribution >= 4 is 17.7 Å². The van der Waals surface area contributed by atoms with Crippen LogP contribution >= 0.6 is 0 Å². The van der Waals surface area contributed by atoms with Crippen LogP contribution in [0.3, 0.4) is 0 Å². The Morgan fingerprint density at radius 1 is 0.860 bits per heavy atom. The number of esters is 2. The molecule has 0 saturated heterocycles. The number of carbonyl (C=O) groups is 3. The highest BCUT2D eigenvalue weighted by atomic mass is 16.5. The first-order chi connectivity index (χ1) is 20.9. The Morgan fingerprint density at radius 2 is 1.53 bits per heavy atom. The number of hydrogen-bond donors (Lipinski definition) is 0. The van der Waals surface area contributed by atoms with Crippen LogP contribution in [0.25, 0.3) is 0 Å². The van der Waals surface area contributed by atoms with Crippen molar-refractivity contribution in [3.63, 3.8) is 0 Å². The van der Waals surface area contributed by atoms with Crippen LogP contribution in [0.15, 0.2) is 30.3 Å². The van der Waals surface area contributed by atoms with E-state index in [2.05, 4.69) is 25.1 Å². The highest BCUT2D eigenvalue weighted by Crippen LogP contribution is 2.44. The van der Waals surface area contributed by atoms with Crippen LogP contribution in [0.1, 0.15) is 106 Å². The molecule has 0 N–H and O–H groups in total. The molecule has 2 aromatic rings. The molecule has 0 amide bonds. The maximum absolute atomic E-state index is 13.5. The summed E-state index contributed by atoms with van der Waals surface area (Å²) in [7, 11) is 0. The minimum atomic E-state index is -1.02. The molecular formula is C35H46O8. The van der Waals surface area contributed by atoms with Gasteiger partial charge in [0.15, 0.2) is 5.78 Å². The van der Waals surface area contributed by atoms with Gasteiger partial charge in [-0.3, -0.25) is 14.4 Å². The van der Waals surface area contributed by atoms with Crippen molar-refractivity contribution in [2.45, 2.75) is 103 Å². The molecule has 43 heavy (non-hydrogen) atoms. The first kappa shape index (κ1) is 32.4. The Balaban J connectivity index is 1.47. The van der Waals surface area contributed by atoms with Gasteiger partial charge in [0.2, 0.25) is 0 Å². The quantitative estimate of drug-likeness (QED) is 0.155. The fourth-order valence-electron chi connectivity index (χ4n) is 6.04. The predicted octanol–water partition coefficient (Wildman–Crippen LogP) is 6.76. The molecule has 8 nitrogen and oxygen atoms in total. The lowest BCUT2D eigenvalue weighted by atomic mass is 9.82. The lowest BCUT2D eigenvalue weighted by Crippen LogP contribution is -2.43. The van der Waals surface area contributed by atoms with Crippen molar-refractivity contribution in [3.05, 3.63) is 52.6 Å². The molecule has 2 aliphatic rings. The second-order valence-electron chi connectivity index (χ2n) is 11.3. The van der Waals surface area contributed by atoms with E-state index in [1.54, 1.807) is 19.9 Å². The molecule has 2 aromatic carbocycles. The van der Waals surface area contributed by atoms with Crippen LogP contribution in [-0.2, 0) is 38.3 Å². The molecule has 1 aliphatic carbocycles. The van der Waals surface area contributed by atoms with Gasteiger partial charge in [0, 0.05) is 24.8 Å². The number of Topliss-reactive ketones (excluding diaryl/α,β-unsaturated/α-hetero) is 1. The summed E-state index contributed by atoms with van der Waals surface area (Å²) in [5.74, 6) is 1.37. The summed E-state index contributed by atoms with van der Waals surface area (Å²) in [6.07, 6.45) is 7.57. The molecule has 0 aromatic heterocycles. The number of hydrogen-bond acceptors (Lipinski definition) is 8. The van der Waals surface area contributed by atoms with E-state index in [0.717, 1.165) is 30.6 Å². The predicted molar refractivity (Wildman–Crippen MR) is 163 cm³/mol. The zero-order chi connectivity index (χ0) is 30.7. The van der Waals surface area contributed by atoms with E-state index in [1.165, 1.54) is 24.0 Å². The van der Waals surface area contributed by atoms with Crippen LogP contribution in [-0.4, -0.2) is 49.8 Å². The van der Waals surface area contributed by atoms with E-state index in [9.17, 15) is 14.4 Å². The van der Waals surface area contributed by atoms with Crippen LogP contribution < -0.4 is 14.2 Å². The van der Waals surface area contributed by atoms with Gasteiger partial charge in [-0.25, -0.2) is 0 Å². The zero-order valence-corrected chi connectivity index (χ0v) is 26.0. The number of carbonyl (C=O) groups excluding carboxylic acids is 3. The minimum absolute atomic E-state index is 0.0718. The van der Waals surface area contributed by atoms with Gasteiger partial charge in [0.25, 0.3) is 0 Å². The molecular weight excluding hydrogens is 548 g/mol. The van der Waals surface area contributed by atoms with Gasteiger partial charge in [-0.15, -0.1) is 0 Å². The van der Waals surface area contributed by atoms with Crippen molar-refractivity contribution in [3.8, 4) is 17.2 Å². The molecule has 8 heteroatoms. The molecule has 0 bridgehead atoms. The molecule has 1 heterocycles. The van der Waals surface area contributed by atoms with E-state index in [4.69, 9.17) is 23.7 Å². The van der Waals surface area contributed by atoms with E-state index in [-0.39, 0.29) is 63.0 Å². The third kappa shape index (κ3) is 8.52. The Labute approximate surface area is 255 Å². The maximum atomic E-state index is 13.5. The topological polar surface area (TPSA) is 97.4 Å². The molecule has 0 fully saturated rings. The summed E-state index contributed by atoms with van der Waals surface area (Å²) < 4.78 is 29.3. The van der Waals surface area contributed by atoms with Gasteiger partial charge < -0.3 is 23.7 Å². The SMILES string of the molecule is CCCc1c(OCCCOc2cccc3c2CCCC3)ccc2c1OC(CCC(=O)OCC)(CCC(=O)OCC)CC2=O. The Kier molecular flexibility index (Phi) is 11.9. The van der Waals surface area contributed by atoms with Crippen LogP contribution in [0.4, 0.5) is 0 Å². The standard InChI is InChI=1S/C35H46O8/c1-4-11-28-31(42-23-10-22-41-30-15-9-13-25-12-7-8-14-26(25)30)17-16-27-29(36)24-35(43-34(27)28,20-18-32(37)39-5-2)21-19-33(38)40-6-3/h9,13,15-17H,4-8,10-12,14,18-24H2,1-3H3. The average Bonchev–Trinajstić information content (AvgIpc) is 3.00. The molecule has 1 aliphatic heterocycles. The lowest BCUT2D eigenvalue weighted by Gasteiger charge is -2.39. The fourth-order valence-corrected chi connectivity index (χ4v) is 6.04. The summed E-state index contributed by atoms with van der Waals surface area (Å²) >= 11 is 0. The molecule has 0 spiro atoms. The number of rotatable bonds is 16. The van der Waals surface area contributed by atoms with Crippen LogP contribution in [0.2, 0.25) is 0 Å². The van der Waals surface area contributed by atoms with Gasteiger partial charge >= 0.3 is 11.9 Å². The third-order valence-electron chi connectivity index (χ3n) is 8.16. The smallest absolute Gasteiger partial charge is 0.305 e. The summed E-state index contributed by atoms with van der Waals surface area (Å²) in [6.45, 7) is 7.13. The number of ether oxygens (including phenoxy) is 5. The second-order valence-corrected chi connectivity index (χ2v) is 11.3. The van der Waals surface area contributed by atoms with Crippen molar-refractivity contribution in [1.29, 1.82) is 0 Å². The van der Waals surface area contributed by atoms with Gasteiger partial charge in [0.1, 0.15) is 22.8 Å². The first-order valence-electron chi connectivity index (χ1n) is 15.9. The van der Waals surface area contributed by atoms with E-state index in [1.807, 2.05) is 6.07 Å². The molecule has 0 unspecified atom stereocenters. The third-order valence-corrected chi connectivity index (χ3v) is 8.16. The summed E-state index contributed by atoms with van der Waals surface area (Å²) in [6, 6.07) is 9.94. The Hall–Kier alpha value is -3.55. The zero-order valence-electron chi connectivity index (χ0n) is 26.0. The highest BCUT2D eigenvalue weighted by molar-refractivity contribution is 6.01. The fraction of sp³-hybridized carbons (Fsp3) is 0.571. The van der Waals surface area contributed by atoms with Crippen molar-refractivity contribution in [2.75, 3.05) is 26.4 Å². The lowest BCUT2D eigenvalue weighted by molar-refractivity contribution is -0.145. The number of benzene rings is 2. The van der Waals surface area contributed by atoms with Crippen LogP contribution in [0, 0.1) is 0 Å². The molecule has 4 rings (SSSR count). The summed E-state index contributed by atoms with van der Waals surface area (Å²) in [5.41, 5.74) is 3.06. The van der Waals surface area contributed by atoms with Gasteiger partial charge in [-0.1, -0.05) is 25.5 Å². The highest BCUT2D eigenvalue weighted by Gasteiger charge is 2.42. The summed E-state index contributed by atoms with van der Waals surface area (Å²) in [4.78, 5) is 38.0. The Bertz CT molecular complexity index is 1240. The van der Waals surface area contributed by atoms with E-state index >= 15 is 0 Å². The Morgan fingerprint density at radius 3 is 2.21 bits per heavy atom. The number of aryl methyl sites for hydroxylation is 1. The van der Waals surface area contributed by atoms with Crippen molar-refractivity contribution < 1.29 is 38.1 Å². The molecule has 0 saturated carbocycles. The van der Waals surface area contributed by atoms with Gasteiger partial charge in [-0.2, -0.15) is 0 Å². The molecule has 0 radical (unpaired) electrons.